The van der Waals surface area contributed by atoms with Gasteiger partial charge in [0.25, 0.3) is 0 Å². The van der Waals surface area contributed by atoms with E-state index in [2.05, 4.69) is 13.8 Å². The van der Waals surface area contributed by atoms with Crippen molar-refractivity contribution in [1.82, 2.24) is 4.90 Å². The first kappa shape index (κ1) is 8.57. The molecule has 1 aliphatic heterocycles. The lowest BCUT2D eigenvalue weighted by Gasteiger charge is -2.22. The Balaban J connectivity index is 2.71. The summed E-state index contributed by atoms with van der Waals surface area (Å²) in [4.78, 5) is 13.6. The Labute approximate surface area is 68.6 Å². The fraction of sp³-hybridized carbons (Fsp3) is 0.889. The van der Waals surface area contributed by atoms with E-state index in [4.69, 9.17) is 0 Å². The molecule has 0 aliphatic carbocycles. The molecule has 0 saturated carbocycles. The molecule has 0 bridgehead atoms. The first-order chi connectivity index (χ1) is 4.95. The topological polar surface area (TPSA) is 20.3 Å². The number of carbonyl (C=O) groups is 1. The maximum atomic E-state index is 11.6. The van der Waals surface area contributed by atoms with Gasteiger partial charge in [-0.05, 0) is 20.3 Å². The number of amides is 1. The first-order valence-electron chi connectivity index (χ1n) is 4.26. The monoisotopic (exact) mass is 155 g/mol. The van der Waals surface area contributed by atoms with Crippen LogP contribution in [0.4, 0.5) is 0 Å². The van der Waals surface area contributed by atoms with Gasteiger partial charge in [-0.15, -0.1) is 0 Å². The number of hydrogen-bond acceptors (Lipinski definition) is 1. The standard InChI is InChI=1S/C9H17NO/c1-7(2)10-6-5-9(3,4)8(10)11/h7H,5-6H2,1-4H3. The molecule has 64 valence electrons. The molecule has 1 fully saturated rings. The smallest absolute Gasteiger partial charge is 0.228 e. The van der Waals surface area contributed by atoms with Crippen LogP contribution in [0.3, 0.4) is 0 Å². The van der Waals surface area contributed by atoms with Crippen molar-refractivity contribution in [2.75, 3.05) is 6.54 Å². The summed E-state index contributed by atoms with van der Waals surface area (Å²) in [5.41, 5.74) is -0.107. The number of carbonyl (C=O) groups excluding carboxylic acids is 1. The molecule has 0 aromatic heterocycles. The average Bonchev–Trinajstić information content (AvgIpc) is 2.09. The molecule has 0 N–H and O–H groups in total. The van der Waals surface area contributed by atoms with Gasteiger partial charge in [0, 0.05) is 18.0 Å². The van der Waals surface area contributed by atoms with Crippen LogP contribution in [0.2, 0.25) is 0 Å². The van der Waals surface area contributed by atoms with Gasteiger partial charge in [0.15, 0.2) is 0 Å². The van der Waals surface area contributed by atoms with E-state index in [1.54, 1.807) is 0 Å². The van der Waals surface area contributed by atoms with Gasteiger partial charge >= 0.3 is 0 Å². The summed E-state index contributed by atoms with van der Waals surface area (Å²) in [6.45, 7) is 9.12. The van der Waals surface area contributed by atoms with E-state index in [0.29, 0.717) is 11.9 Å². The summed E-state index contributed by atoms with van der Waals surface area (Å²) < 4.78 is 0. The Bertz CT molecular complexity index is 172. The van der Waals surface area contributed by atoms with Crippen LogP contribution in [0, 0.1) is 5.41 Å². The van der Waals surface area contributed by atoms with Crippen LogP contribution in [-0.2, 0) is 4.79 Å². The van der Waals surface area contributed by atoms with Gasteiger partial charge in [0.1, 0.15) is 0 Å². The molecule has 1 heterocycles. The summed E-state index contributed by atoms with van der Waals surface area (Å²) in [6.07, 6.45) is 1.00. The molecule has 1 rings (SSSR count). The Kier molecular flexibility index (Phi) is 1.95. The summed E-state index contributed by atoms with van der Waals surface area (Å²) in [6, 6.07) is 0.365. The lowest BCUT2D eigenvalue weighted by Crippen LogP contribution is -2.35. The van der Waals surface area contributed by atoms with Crippen molar-refractivity contribution in [3.63, 3.8) is 0 Å². The zero-order valence-corrected chi connectivity index (χ0v) is 7.85. The molecule has 0 aromatic rings. The molecule has 1 amide bonds. The molecule has 0 spiro atoms. The molecule has 11 heavy (non-hydrogen) atoms. The largest absolute Gasteiger partial charge is 0.340 e. The Morgan fingerprint density at radius 2 is 2.00 bits per heavy atom. The van der Waals surface area contributed by atoms with Crippen LogP contribution in [0.25, 0.3) is 0 Å². The Morgan fingerprint density at radius 1 is 1.45 bits per heavy atom. The highest BCUT2D eigenvalue weighted by Gasteiger charge is 2.39. The number of nitrogens with zero attached hydrogens (tertiary/aromatic N) is 1. The predicted molar refractivity (Wildman–Crippen MR) is 45.2 cm³/mol. The second-order valence-electron chi connectivity index (χ2n) is 4.23. The van der Waals surface area contributed by atoms with Gasteiger partial charge in [0.05, 0.1) is 0 Å². The molecule has 0 aromatic carbocycles. The van der Waals surface area contributed by atoms with E-state index in [-0.39, 0.29) is 5.41 Å². The SMILES string of the molecule is CC(C)N1CCC(C)(C)C1=O. The van der Waals surface area contributed by atoms with E-state index < -0.39 is 0 Å². The Morgan fingerprint density at radius 3 is 2.18 bits per heavy atom. The lowest BCUT2D eigenvalue weighted by molar-refractivity contribution is -0.135. The fourth-order valence-corrected chi connectivity index (χ4v) is 1.49. The number of rotatable bonds is 1. The highest BCUT2D eigenvalue weighted by molar-refractivity contribution is 5.84. The fourth-order valence-electron chi connectivity index (χ4n) is 1.49. The lowest BCUT2D eigenvalue weighted by atomic mass is 9.92. The van der Waals surface area contributed by atoms with Gasteiger partial charge in [-0.25, -0.2) is 0 Å². The average molecular weight is 155 g/mol. The van der Waals surface area contributed by atoms with Crippen LogP contribution in [-0.4, -0.2) is 23.4 Å². The highest BCUT2D eigenvalue weighted by Crippen LogP contribution is 2.31. The number of hydrogen-bond donors (Lipinski definition) is 0. The van der Waals surface area contributed by atoms with Crippen molar-refractivity contribution in [1.29, 1.82) is 0 Å². The van der Waals surface area contributed by atoms with Crippen molar-refractivity contribution in [2.45, 2.75) is 40.2 Å². The highest BCUT2D eigenvalue weighted by atomic mass is 16.2. The minimum atomic E-state index is -0.107. The summed E-state index contributed by atoms with van der Waals surface area (Å²) in [7, 11) is 0. The minimum Gasteiger partial charge on any atom is -0.340 e. The molecule has 0 atom stereocenters. The molecule has 2 heteroatoms. The van der Waals surface area contributed by atoms with E-state index in [0.717, 1.165) is 13.0 Å². The second-order valence-corrected chi connectivity index (χ2v) is 4.23. The molecule has 1 saturated heterocycles. The van der Waals surface area contributed by atoms with Gasteiger partial charge in [-0.1, -0.05) is 13.8 Å². The minimum absolute atomic E-state index is 0.107. The summed E-state index contributed by atoms with van der Waals surface area (Å²) in [5.74, 6) is 0.313. The molecular weight excluding hydrogens is 138 g/mol. The second kappa shape index (κ2) is 2.50. The van der Waals surface area contributed by atoms with E-state index in [1.165, 1.54) is 0 Å². The third-order valence-corrected chi connectivity index (χ3v) is 2.44. The quantitative estimate of drug-likeness (QED) is 0.564. The van der Waals surface area contributed by atoms with Crippen molar-refractivity contribution in [2.24, 2.45) is 5.41 Å². The van der Waals surface area contributed by atoms with E-state index in [9.17, 15) is 4.79 Å². The molecule has 0 radical (unpaired) electrons. The summed E-state index contributed by atoms with van der Waals surface area (Å²) >= 11 is 0. The third-order valence-electron chi connectivity index (χ3n) is 2.44. The number of likely N-dealkylation sites (tertiary alicyclic amines) is 1. The van der Waals surface area contributed by atoms with Crippen molar-refractivity contribution in [3.05, 3.63) is 0 Å². The zero-order valence-electron chi connectivity index (χ0n) is 7.85. The zero-order chi connectivity index (χ0) is 8.65. The molecule has 0 unspecified atom stereocenters. The molecule has 1 aliphatic rings. The normalized spacial score (nSPS) is 23.4. The van der Waals surface area contributed by atoms with Crippen molar-refractivity contribution >= 4 is 5.91 Å². The third kappa shape index (κ3) is 1.39. The first-order valence-corrected chi connectivity index (χ1v) is 4.26. The predicted octanol–water partition coefficient (Wildman–Crippen LogP) is 1.65. The maximum Gasteiger partial charge on any atom is 0.228 e. The van der Waals surface area contributed by atoms with Crippen LogP contribution in [0.5, 0.6) is 0 Å². The van der Waals surface area contributed by atoms with Crippen LogP contribution >= 0.6 is 0 Å². The Hall–Kier alpha value is -0.530. The van der Waals surface area contributed by atoms with E-state index >= 15 is 0 Å². The van der Waals surface area contributed by atoms with Gasteiger partial charge in [0.2, 0.25) is 5.91 Å². The van der Waals surface area contributed by atoms with Crippen LogP contribution in [0.1, 0.15) is 34.1 Å². The summed E-state index contributed by atoms with van der Waals surface area (Å²) in [5, 5.41) is 0. The maximum absolute atomic E-state index is 11.6. The van der Waals surface area contributed by atoms with Gasteiger partial charge < -0.3 is 4.90 Å². The van der Waals surface area contributed by atoms with E-state index in [1.807, 2.05) is 18.7 Å². The van der Waals surface area contributed by atoms with Crippen molar-refractivity contribution < 1.29 is 4.79 Å². The van der Waals surface area contributed by atoms with Gasteiger partial charge in [-0.2, -0.15) is 0 Å². The van der Waals surface area contributed by atoms with Crippen LogP contribution < -0.4 is 0 Å². The van der Waals surface area contributed by atoms with Crippen molar-refractivity contribution in [3.8, 4) is 0 Å². The van der Waals surface area contributed by atoms with Crippen LogP contribution in [0.15, 0.2) is 0 Å². The molecule has 2 nitrogen and oxygen atoms in total. The van der Waals surface area contributed by atoms with Gasteiger partial charge in [-0.3, -0.25) is 4.79 Å². The molecular formula is C9H17NO.